The molecule has 9 heavy (non-hydrogen) atoms. The van der Waals surface area contributed by atoms with Gasteiger partial charge in [-0.2, -0.15) is 0 Å². The van der Waals surface area contributed by atoms with Gasteiger partial charge in [-0.25, -0.2) is 0 Å². The summed E-state index contributed by atoms with van der Waals surface area (Å²) >= 11 is 1.42. The molecular weight excluding hydrogens is 134 g/mol. The van der Waals surface area contributed by atoms with Crippen LogP contribution in [0.15, 0.2) is 0 Å². The van der Waals surface area contributed by atoms with Gasteiger partial charge in [0.25, 0.3) is 5.24 Å². The summed E-state index contributed by atoms with van der Waals surface area (Å²) in [6.07, 6.45) is 0. The summed E-state index contributed by atoms with van der Waals surface area (Å²) in [5.41, 5.74) is 0. The molecule has 0 bridgehead atoms. The van der Waals surface area contributed by atoms with Gasteiger partial charge < -0.3 is 4.90 Å². The molecule has 1 rings (SSSR count). The molecule has 0 spiro atoms. The van der Waals surface area contributed by atoms with Crippen LogP contribution in [-0.2, 0) is 0 Å². The number of hydrogen-bond acceptors (Lipinski definition) is 2. The second-order valence-electron chi connectivity index (χ2n) is 2.40. The van der Waals surface area contributed by atoms with Crippen LogP contribution in [-0.4, -0.2) is 28.5 Å². The summed E-state index contributed by atoms with van der Waals surface area (Å²) in [4.78, 5) is 12.8. The summed E-state index contributed by atoms with van der Waals surface area (Å²) in [7, 11) is 0. The lowest BCUT2D eigenvalue weighted by Gasteiger charge is -2.18. The Morgan fingerprint density at radius 1 is 1.67 bits per heavy atom. The van der Waals surface area contributed by atoms with E-state index in [0.717, 1.165) is 12.3 Å². The Morgan fingerprint density at radius 3 is 2.56 bits per heavy atom. The summed E-state index contributed by atoms with van der Waals surface area (Å²) in [6, 6.07) is 0.382. The molecule has 0 N–H and O–H groups in total. The largest absolute Gasteiger partial charge is 0.330 e. The maximum Gasteiger partial charge on any atom is 0.281 e. The Balaban J connectivity index is 2.49. The topological polar surface area (TPSA) is 20.3 Å². The van der Waals surface area contributed by atoms with E-state index in [2.05, 4.69) is 0 Å². The Bertz CT molecular complexity index is 124. The lowest BCUT2D eigenvalue weighted by molar-refractivity contribution is 0.217. The average molecular weight is 145 g/mol. The highest BCUT2D eigenvalue weighted by Crippen LogP contribution is 2.18. The van der Waals surface area contributed by atoms with Gasteiger partial charge in [0.05, 0.1) is 0 Å². The van der Waals surface area contributed by atoms with Crippen molar-refractivity contribution in [3.8, 4) is 0 Å². The van der Waals surface area contributed by atoms with E-state index in [-0.39, 0.29) is 5.24 Å². The van der Waals surface area contributed by atoms with Gasteiger partial charge in [0, 0.05) is 18.3 Å². The second kappa shape index (κ2) is 2.60. The van der Waals surface area contributed by atoms with E-state index < -0.39 is 0 Å². The van der Waals surface area contributed by atoms with Crippen molar-refractivity contribution in [1.82, 2.24) is 4.90 Å². The predicted octanol–water partition coefficient (Wildman–Crippen LogP) is 1.56. The van der Waals surface area contributed by atoms with Crippen molar-refractivity contribution in [3.05, 3.63) is 0 Å². The number of thioether (sulfide) groups is 1. The van der Waals surface area contributed by atoms with Gasteiger partial charge in [0.1, 0.15) is 0 Å². The molecule has 1 aliphatic rings. The van der Waals surface area contributed by atoms with Crippen LogP contribution in [0.4, 0.5) is 4.79 Å². The second-order valence-corrected chi connectivity index (χ2v) is 3.45. The standard InChI is InChI=1S/C6H11NOS/c1-5(2)7-3-4-9-6(7)8/h5H,3-4H2,1-2H3. The molecular formula is C6H11NOS. The molecule has 0 aromatic carbocycles. The Kier molecular flexibility index (Phi) is 2.01. The highest BCUT2D eigenvalue weighted by Gasteiger charge is 2.22. The molecule has 0 atom stereocenters. The van der Waals surface area contributed by atoms with Crippen LogP contribution in [0, 0.1) is 0 Å². The molecule has 0 aliphatic carbocycles. The molecule has 1 heterocycles. The smallest absolute Gasteiger partial charge is 0.281 e. The Hall–Kier alpha value is -0.180. The SMILES string of the molecule is CC(C)N1CCSC1=O. The first-order chi connectivity index (χ1) is 4.22. The van der Waals surface area contributed by atoms with E-state index in [4.69, 9.17) is 0 Å². The normalized spacial score (nSPS) is 19.9. The lowest BCUT2D eigenvalue weighted by atomic mass is 10.3. The fourth-order valence-corrected chi connectivity index (χ4v) is 1.81. The zero-order chi connectivity index (χ0) is 6.85. The Labute approximate surface area is 59.6 Å². The van der Waals surface area contributed by atoms with Gasteiger partial charge in [-0.05, 0) is 13.8 Å². The molecule has 0 saturated carbocycles. The first-order valence-corrected chi connectivity index (χ1v) is 4.14. The summed E-state index contributed by atoms with van der Waals surface area (Å²) in [6.45, 7) is 5.02. The highest BCUT2D eigenvalue weighted by atomic mass is 32.2. The minimum atomic E-state index is 0.241. The van der Waals surface area contributed by atoms with E-state index in [9.17, 15) is 4.79 Å². The van der Waals surface area contributed by atoms with Crippen LogP contribution in [0.25, 0.3) is 0 Å². The number of amides is 1. The van der Waals surface area contributed by atoms with Gasteiger partial charge in [-0.1, -0.05) is 11.8 Å². The van der Waals surface area contributed by atoms with Crippen molar-refractivity contribution in [1.29, 1.82) is 0 Å². The molecule has 0 unspecified atom stereocenters. The number of rotatable bonds is 1. The van der Waals surface area contributed by atoms with Crippen LogP contribution in [0.5, 0.6) is 0 Å². The molecule has 0 aromatic rings. The van der Waals surface area contributed by atoms with Gasteiger partial charge in [-0.15, -0.1) is 0 Å². The summed E-state index contributed by atoms with van der Waals surface area (Å²) in [5.74, 6) is 0.969. The predicted molar refractivity (Wildman–Crippen MR) is 39.7 cm³/mol. The number of hydrogen-bond donors (Lipinski definition) is 0. The summed E-state index contributed by atoms with van der Waals surface area (Å²) < 4.78 is 0. The molecule has 1 fully saturated rings. The van der Waals surface area contributed by atoms with Gasteiger partial charge in [-0.3, -0.25) is 4.79 Å². The van der Waals surface area contributed by atoms with Crippen LogP contribution in [0.1, 0.15) is 13.8 Å². The van der Waals surface area contributed by atoms with E-state index in [1.807, 2.05) is 18.7 Å². The van der Waals surface area contributed by atoms with Crippen LogP contribution >= 0.6 is 11.8 Å². The van der Waals surface area contributed by atoms with E-state index in [1.54, 1.807) is 0 Å². The molecule has 1 amide bonds. The van der Waals surface area contributed by atoms with Crippen molar-refractivity contribution in [2.45, 2.75) is 19.9 Å². The number of nitrogens with zero attached hydrogens (tertiary/aromatic N) is 1. The molecule has 3 heteroatoms. The fourth-order valence-electron chi connectivity index (χ4n) is 0.875. The van der Waals surface area contributed by atoms with E-state index in [0.29, 0.717) is 6.04 Å². The van der Waals surface area contributed by atoms with Gasteiger partial charge >= 0.3 is 0 Å². The molecule has 1 saturated heterocycles. The van der Waals surface area contributed by atoms with E-state index in [1.165, 1.54) is 11.8 Å². The summed E-state index contributed by atoms with van der Waals surface area (Å²) in [5, 5.41) is 0.241. The van der Waals surface area contributed by atoms with Crippen LogP contribution in [0.2, 0.25) is 0 Å². The van der Waals surface area contributed by atoms with E-state index >= 15 is 0 Å². The minimum Gasteiger partial charge on any atom is -0.330 e. The average Bonchev–Trinajstić information content (AvgIpc) is 2.13. The third-order valence-electron chi connectivity index (χ3n) is 1.42. The molecule has 0 aromatic heterocycles. The van der Waals surface area contributed by atoms with Crippen LogP contribution < -0.4 is 0 Å². The molecule has 52 valence electrons. The lowest BCUT2D eigenvalue weighted by Crippen LogP contribution is -2.30. The maximum absolute atomic E-state index is 10.9. The zero-order valence-corrected chi connectivity index (χ0v) is 6.57. The quantitative estimate of drug-likeness (QED) is 0.558. The van der Waals surface area contributed by atoms with Crippen molar-refractivity contribution in [2.24, 2.45) is 0 Å². The molecule has 2 nitrogen and oxygen atoms in total. The zero-order valence-electron chi connectivity index (χ0n) is 5.76. The fraction of sp³-hybridized carbons (Fsp3) is 0.833. The highest BCUT2D eigenvalue weighted by molar-refractivity contribution is 8.13. The van der Waals surface area contributed by atoms with Crippen molar-refractivity contribution >= 4 is 17.0 Å². The van der Waals surface area contributed by atoms with Crippen LogP contribution in [0.3, 0.4) is 0 Å². The van der Waals surface area contributed by atoms with Crippen molar-refractivity contribution < 1.29 is 4.79 Å². The number of carbonyl (C=O) groups excluding carboxylic acids is 1. The molecule has 1 aliphatic heterocycles. The maximum atomic E-state index is 10.9. The monoisotopic (exact) mass is 145 g/mol. The van der Waals surface area contributed by atoms with Crippen molar-refractivity contribution in [2.75, 3.05) is 12.3 Å². The third kappa shape index (κ3) is 1.39. The first-order valence-electron chi connectivity index (χ1n) is 3.15. The Morgan fingerprint density at radius 2 is 2.33 bits per heavy atom. The number of carbonyl (C=O) groups is 1. The minimum absolute atomic E-state index is 0.241. The van der Waals surface area contributed by atoms with Gasteiger partial charge in [0.15, 0.2) is 0 Å². The van der Waals surface area contributed by atoms with Crippen molar-refractivity contribution in [3.63, 3.8) is 0 Å². The third-order valence-corrected chi connectivity index (χ3v) is 2.28. The first kappa shape index (κ1) is 6.93. The molecule has 0 radical (unpaired) electrons. The van der Waals surface area contributed by atoms with Gasteiger partial charge in [0.2, 0.25) is 0 Å².